The number of aliphatic imine (C=N–C) groups is 1. The van der Waals surface area contributed by atoms with Gasteiger partial charge in [0.25, 0.3) is 5.91 Å². The molecule has 146 valence electrons. The van der Waals surface area contributed by atoms with Crippen molar-refractivity contribution in [3.8, 4) is 0 Å². The third-order valence-corrected chi connectivity index (χ3v) is 8.39. The zero-order chi connectivity index (χ0) is 19.0. The molecule has 0 bridgehead atoms. The first-order valence-corrected chi connectivity index (χ1v) is 11.7. The molecule has 0 spiro atoms. The molecule has 0 saturated carbocycles. The Balaban J connectivity index is 1.52. The van der Waals surface area contributed by atoms with E-state index < -0.39 is 15.9 Å². The molecule has 0 unspecified atom stereocenters. The highest BCUT2D eigenvalue weighted by Gasteiger charge is 2.48. The third-order valence-electron chi connectivity index (χ3n) is 5.14. The Morgan fingerprint density at radius 3 is 2.78 bits per heavy atom. The monoisotopic (exact) mass is 412 g/mol. The minimum Gasteiger partial charge on any atom is -0.368 e. The molecule has 3 fully saturated rings. The van der Waals surface area contributed by atoms with E-state index in [1.807, 2.05) is 4.90 Å². The molecular formula is C18H21FN2O4S2. The second kappa shape index (κ2) is 7.52. The van der Waals surface area contributed by atoms with Gasteiger partial charge in [-0.3, -0.25) is 4.79 Å². The van der Waals surface area contributed by atoms with Crippen molar-refractivity contribution < 1.29 is 22.3 Å². The van der Waals surface area contributed by atoms with Crippen LogP contribution in [-0.4, -0.2) is 66.4 Å². The van der Waals surface area contributed by atoms with Crippen molar-refractivity contribution in [2.24, 2.45) is 4.99 Å². The largest absolute Gasteiger partial charge is 0.368 e. The molecule has 27 heavy (non-hydrogen) atoms. The first kappa shape index (κ1) is 18.9. The molecule has 1 aromatic rings. The minimum atomic E-state index is -3.07. The quantitative estimate of drug-likeness (QED) is 0.749. The standard InChI is InChI=1S/C18H21FN2O4S2/c19-13-5-3-12(4-6-13)7-8-21-14-10-27(23,24)11-16(14)26-18(21)20-17(22)15-2-1-9-25-15/h3-6,14-16H,1-2,7-11H2/t14-,15+,16-/m0/s1. The maximum Gasteiger partial charge on any atom is 0.277 e. The molecule has 6 nitrogen and oxygen atoms in total. The predicted molar refractivity (Wildman–Crippen MR) is 102 cm³/mol. The van der Waals surface area contributed by atoms with Gasteiger partial charge in [-0.25, -0.2) is 12.8 Å². The highest BCUT2D eigenvalue weighted by Crippen LogP contribution is 2.38. The predicted octanol–water partition coefficient (Wildman–Crippen LogP) is 1.64. The van der Waals surface area contributed by atoms with Crippen molar-refractivity contribution >= 4 is 32.7 Å². The van der Waals surface area contributed by atoms with Crippen LogP contribution in [0.2, 0.25) is 0 Å². The Kier molecular flexibility index (Phi) is 5.26. The molecule has 3 atom stereocenters. The SMILES string of the molecule is O=C(N=C1S[C@H]2CS(=O)(=O)C[C@@H]2N1CCc1ccc(F)cc1)[C@H]1CCCO1. The van der Waals surface area contributed by atoms with Crippen molar-refractivity contribution in [3.05, 3.63) is 35.6 Å². The number of carbonyl (C=O) groups is 1. The zero-order valence-electron chi connectivity index (χ0n) is 14.7. The summed E-state index contributed by atoms with van der Waals surface area (Å²) in [6, 6.07) is 6.09. The fraction of sp³-hybridized carbons (Fsp3) is 0.556. The van der Waals surface area contributed by atoms with Gasteiger partial charge in [0.15, 0.2) is 15.0 Å². The maximum atomic E-state index is 13.1. The van der Waals surface area contributed by atoms with Crippen LogP contribution in [0.25, 0.3) is 0 Å². The molecule has 0 N–H and O–H groups in total. The maximum absolute atomic E-state index is 13.1. The second-order valence-electron chi connectivity index (χ2n) is 7.10. The number of hydrogen-bond acceptors (Lipinski definition) is 5. The number of ether oxygens (including phenoxy) is 1. The summed E-state index contributed by atoms with van der Waals surface area (Å²) in [6.07, 6.45) is 1.67. The van der Waals surface area contributed by atoms with Gasteiger partial charge >= 0.3 is 0 Å². The van der Waals surface area contributed by atoms with Gasteiger partial charge in [-0.05, 0) is 37.0 Å². The molecule has 0 aromatic heterocycles. The number of carbonyl (C=O) groups excluding carboxylic acids is 1. The summed E-state index contributed by atoms with van der Waals surface area (Å²) >= 11 is 1.38. The zero-order valence-corrected chi connectivity index (χ0v) is 16.3. The average Bonchev–Trinajstić information content (AvgIpc) is 3.30. The lowest BCUT2D eigenvalue weighted by atomic mass is 10.1. The van der Waals surface area contributed by atoms with E-state index in [0.29, 0.717) is 31.2 Å². The van der Waals surface area contributed by atoms with Gasteiger partial charge in [-0.1, -0.05) is 23.9 Å². The lowest BCUT2D eigenvalue weighted by Gasteiger charge is -2.24. The van der Waals surface area contributed by atoms with Crippen molar-refractivity contribution in [2.75, 3.05) is 24.7 Å². The molecule has 3 heterocycles. The number of hydrogen-bond donors (Lipinski definition) is 0. The van der Waals surface area contributed by atoms with Crippen LogP contribution in [0.3, 0.4) is 0 Å². The number of rotatable bonds is 4. The average molecular weight is 413 g/mol. The summed E-state index contributed by atoms with van der Waals surface area (Å²) < 4.78 is 42.6. The first-order valence-electron chi connectivity index (χ1n) is 9.03. The van der Waals surface area contributed by atoms with Gasteiger partial charge in [-0.15, -0.1) is 0 Å². The summed E-state index contributed by atoms with van der Waals surface area (Å²) in [5.41, 5.74) is 0.954. The van der Waals surface area contributed by atoms with Crippen LogP contribution in [0.4, 0.5) is 4.39 Å². The lowest BCUT2D eigenvalue weighted by Crippen LogP contribution is -2.39. The Bertz CT molecular complexity index is 851. The first-order chi connectivity index (χ1) is 12.9. The topological polar surface area (TPSA) is 76.0 Å². The molecule has 3 aliphatic heterocycles. The molecule has 9 heteroatoms. The molecule has 0 radical (unpaired) electrons. The fourth-order valence-corrected chi connectivity index (χ4v) is 7.72. The molecule has 3 aliphatic rings. The number of sulfone groups is 1. The number of benzene rings is 1. The van der Waals surface area contributed by atoms with Crippen molar-refractivity contribution in [1.82, 2.24) is 4.90 Å². The summed E-state index contributed by atoms with van der Waals surface area (Å²) in [4.78, 5) is 18.6. The van der Waals surface area contributed by atoms with E-state index in [1.54, 1.807) is 12.1 Å². The Morgan fingerprint density at radius 1 is 1.30 bits per heavy atom. The van der Waals surface area contributed by atoms with E-state index in [9.17, 15) is 17.6 Å². The molecule has 1 aromatic carbocycles. The van der Waals surface area contributed by atoms with E-state index in [4.69, 9.17) is 4.74 Å². The number of halogens is 1. The Morgan fingerprint density at radius 2 is 2.07 bits per heavy atom. The minimum absolute atomic E-state index is 0.0845. The number of fused-ring (bicyclic) bond motifs is 1. The number of amidine groups is 1. The van der Waals surface area contributed by atoms with Crippen LogP contribution >= 0.6 is 11.8 Å². The van der Waals surface area contributed by atoms with Gasteiger partial charge in [0.2, 0.25) is 0 Å². The van der Waals surface area contributed by atoms with E-state index in [1.165, 1.54) is 23.9 Å². The van der Waals surface area contributed by atoms with Crippen LogP contribution < -0.4 is 0 Å². The van der Waals surface area contributed by atoms with Crippen molar-refractivity contribution in [2.45, 2.75) is 36.7 Å². The van der Waals surface area contributed by atoms with E-state index in [-0.39, 0.29) is 34.5 Å². The Hall–Kier alpha value is -1.45. The summed E-state index contributed by atoms with van der Waals surface area (Å²) in [7, 11) is -3.07. The van der Waals surface area contributed by atoms with Gasteiger partial charge in [0.05, 0.1) is 17.5 Å². The van der Waals surface area contributed by atoms with Crippen molar-refractivity contribution in [3.63, 3.8) is 0 Å². The summed E-state index contributed by atoms with van der Waals surface area (Å²) in [5.74, 6) is -0.379. The third kappa shape index (κ3) is 4.20. The van der Waals surface area contributed by atoms with Gasteiger partial charge in [-0.2, -0.15) is 4.99 Å². The van der Waals surface area contributed by atoms with E-state index >= 15 is 0 Å². The van der Waals surface area contributed by atoms with E-state index in [0.717, 1.165) is 12.0 Å². The van der Waals surface area contributed by atoms with Crippen LogP contribution in [0.1, 0.15) is 18.4 Å². The second-order valence-corrected chi connectivity index (χ2v) is 10.5. The molecule has 3 saturated heterocycles. The van der Waals surface area contributed by atoms with Gasteiger partial charge in [0.1, 0.15) is 11.9 Å². The van der Waals surface area contributed by atoms with E-state index in [2.05, 4.69) is 4.99 Å². The fourth-order valence-electron chi connectivity index (χ4n) is 3.74. The lowest BCUT2D eigenvalue weighted by molar-refractivity contribution is -0.126. The molecular weight excluding hydrogens is 391 g/mol. The Labute approximate surface area is 162 Å². The summed E-state index contributed by atoms with van der Waals surface area (Å²) in [5, 5.41) is 0.488. The van der Waals surface area contributed by atoms with Gasteiger partial charge in [0, 0.05) is 18.4 Å². The number of amides is 1. The highest BCUT2D eigenvalue weighted by atomic mass is 32.2. The summed E-state index contributed by atoms with van der Waals surface area (Å²) in [6.45, 7) is 1.11. The van der Waals surface area contributed by atoms with Crippen LogP contribution in [0.15, 0.2) is 29.3 Å². The van der Waals surface area contributed by atoms with Crippen LogP contribution in [0.5, 0.6) is 0 Å². The molecule has 0 aliphatic carbocycles. The highest BCUT2D eigenvalue weighted by molar-refractivity contribution is 8.15. The number of thioether (sulfide) groups is 1. The smallest absolute Gasteiger partial charge is 0.277 e. The molecule has 1 amide bonds. The van der Waals surface area contributed by atoms with Crippen LogP contribution in [0, 0.1) is 5.82 Å². The normalized spacial score (nSPS) is 30.8. The number of nitrogens with zero attached hydrogens (tertiary/aromatic N) is 2. The van der Waals surface area contributed by atoms with Crippen molar-refractivity contribution in [1.29, 1.82) is 0 Å². The molecule has 4 rings (SSSR count). The van der Waals surface area contributed by atoms with Gasteiger partial charge < -0.3 is 9.64 Å². The van der Waals surface area contributed by atoms with Crippen LogP contribution in [-0.2, 0) is 25.8 Å².